The smallest absolute Gasteiger partial charge is 0.240 e. The lowest BCUT2D eigenvalue weighted by atomic mass is 9.97. The first-order valence-corrected chi connectivity index (χ1v) is 9.55. The summed E-state index contributed by atoms with van der Waals surface area (Å²) in [6.07, 6.45) is 3.94. The van der Waals surface area contributed by atoms with E-state index in [4.69, 9.17) is 0 Å². The first-order valence-electron chi connectivity index (χ1n) is 8.73. The van der Waals surface area contributed by atoms with Gasteiger partial charge in [-0.3, -0.25) is 14.5 Å². The van der Waals surface area contributed by atoms with E-state index in [0.29, 0.717) is 18.2 Å². The molecular weight excluding hydrogens is 324 g/mol. The number of likely N-dealkylation sites (tertiary alicyclic amines) is 1. The van der Waals surface area contributed by atoms with E-state index in [9.17, 15) is 9.59 Å². The molecule has 1 aliphatic heterocycles. The lowest BCUT2D eigenvalue weighted by Crippen LogP contribution is -2.45. The Balaban J connectivity index is 1.79. The topological polar surface area (TPSA) is 74.3 Å². The van der Waals surface area contributed by atoms with E-state index < -0.39 is 0 Å². The molecule has 6 nitrogen and oxygen atoms in total. The fourth-order valence-electron chi connectivity index (χ4n) is 2.83. The third kappa shape index (κ3) is 5.56. The van der Waals surface area contributed by atoms with Gasteiger partial charge in [-0.1, -0.05) is 13.3 Å². The van der Waals surface area contributed by atoms with E-state index in [1.165, 1.54) is 11.3 Å². The molecular formula is C17H28N4O2S. The number of rotatable bonds is 7. The Hall–Kier alpha value is -1.47. The van der Waals surface area contributed by atoms with Crippen LogP contribution in [-0.4, -0.2) is 47.9 Å². The first kappa shape index (κ1) is 18.9. The average molecular weight is 353 g/mol. The maximum Gasteiger partial charge on any atom is 0.240 e. The molecule has 1 aromatic rings. The number of hydrogen-bond acceptors (Lipinski definition) is 5. The minimum absolute atomic E-state index is 0.00671. The Morgan fingerprint density at radius 2 is 2.17 bits per heavy atom. The quantitative estimate of drug-likeness (QED) is 0.739. The third-order valence-electron chi connectivity index (χ3n) is 4.35. The second kappa shape index (κ2) is 9.13. The summed E-state index contributed by atoms with van der Waals surface area (Å²) in [7, 11) is 0. The number of carbonyl (C=O) groups excluding carboxylic acids is 2. The van der Waals surface area contributed by atoms with Crippen LogP contribution >= 0.6 is 11.3 Å². The van der Waals surface area contributed by atoms with Crippen molar-refractivity contribution in [1.82, 2.24) is 15.2 Å². The van der Waals surface area contributed by atoms with Gasteiger partial charge in [-0.05, 0) is 39.7 Å². The van der Waals surface area contributed by atoms with Crippen molar-refractivity contribution in [2.45, 2.75) is 46.5 Å². The van der Waals surface area contributed by atoms with Crippen molar-refractivity contribution in [3.8, 4) is 0 Å². The lowest BCUT2D eigenvalue weighted by Gasteiger charge is -2.31. The molecule has 0 bridgehead atoms. The molecule has 0 radical (unpaired) electrons. The molecule has 0 aromatic carbocycles. The van der Waals surface area contributed by atoms with Gasteiger partial charge < -0.3 is 10.6 Å². The summed E-state index contributed by atoms with van der Waals surface area (Å²) in [6.45, 7) is 8.62. The number of aromatic nitrogens is 1. The maximum atomic E-state index is 12.2. The van der Waals surface area contributed by atoms with E-state index in [-0.39, 0.29) is 17.7 Å². The van der Waals surface area contributed by atoms with Gasteiger partial charge in [-0.15, -0.1) is 11.3 Å². The Bertz CT molecular complexity index is 553. The molecule has 1 aromatic heterocycles. The van der Waals surface area contributed by atoms with Gasteiger partial charge in [0.05, 0.1) is 18.2 Å². The zero-order chi connectivity index (χ0) is 17.5. The third-order valence-corrected chi connectivity index (χ3v) is 5.34. The number of carbonyl (C=O) groups is 2. The Kier molecular flexibility index (Phi) is 7.17. The second-order valence-corrected chi connectivity index (χ2v) is 7.63. The number of thiazole rings is 1. The van der Waals surface area contributed by atoms with Crippen LogP contribution in [0.25, 0.3) is 0 Å². The summed E-state index contributed by atoms with van der Waals surface area (Å²) in [4.78, 5) is 31.9. The van der Waals surface area contributed by atoms with Gasteiger partial charge in [0.2, 0.25) is 11.8 Å². The largest absolute Gasteiger partial charge is 0.356 e. The van der Waals surface area contributed by atoms with E-state index >= 15 is 0 Å². The first-order chi connectivity index (χ1) is 11.5. The molecule has 1 aliphatic rings. The highest BCUT2D eigenvalue weighted by Gasteiger charge is 2.26. The van der Waals surface area contributed by atoms with Gasteiger partial charge >= 0.3 is 0 Å². The number of unbranched alkanes of at least 4 members (excludes halogenated alkanes) is 1. The van der Waals surface area contributed by atoms with Gasteiger partial charge in [0.1, 0.15) is 0 Å². The van der Waals surface area contributed by atoms with Gasteiger partial charge in [0.25, 0.3) is 0 Å². The molecule has 0 spiro atoms. The summed E-state index contributed by atoms with van der Waals surface area (Å²) in [5.74, 6) is 0.0586. The van der Waals surface area contributed by atoms with Crippen LogP contribution in [0.4, 0.5) is 5.13 Å². The van der Waals surface area contributed by atoms with E-state index in [2.05, 4.69) is 27.4 Å². The Morgan fingerprint density at radius 3 is 2.83 bits per heavy atom. The van der Waals surface area contributed by atoms with Crippen LogP contribution < -0.4 is 10.6 Å². The highest BCUT2D eigenvalue weighted by Crippen LogP contribution is 2.21. The molecule has 1 saturated heterocycles. The van der Waals surface area contributed by atoms with Crippen LogP contribution in [0.15, 0.2) is 0 Å². The molecule has 7 heteroatoms. The normalized spacial score (nSPS) is 18.4. The number of hydrogen-bond donors (Lipinski definition) is 2. The van der Waals surface area contributed by atoms with Gasteiger partial charge in [-0.25, -0.2) is 4.98 Å². The predicted molar refractivity (Wildman–Crippen MR) is 97.3 cm³/mol. The van der Waals surface area contributed by atoms with Gasteiger partial charge in [0.15, 0.2) is 5.13 Å². The molecule has 24 heavy (non-hydrogen) atoms. The highest BCUT2D eigenvalue weighted by molar-refractivity contribution is 7.15. The second-order valence-electron chi connectivity index (χ2n) is 6.43. The van der Waals surface area contributed by atoms with Crippen LogP contribution in [0.2, 0.25) is 0 Å². The zero-order valence-electron chi connectivity index (χ0n) is 14.9. The monoisotopic (exact) mass is 352 g/mol. The van der Waals surface area contributed by atoms with Crippen LogP contribution in [0.3, 0.4) is 0 Å². The molecule has 0 aliphatic carbocycles. The van der Waals surface area contributed by atoms with E-state index in [0.717, 1.165) is 49.3 Å². The van der Waals surface area contributed by atoms with Crippen molar-refractivity contribution in [1.29, 1.82) is 0 Å². The van der Waals surface area contributed by atoms with Gasteiger partial charge in [0, 0.05) is 18.0 Å². The summed E-state index contributed by atoms with van der Waals surface area (Å²) in [5, 5.41) is 6.52. The maximum absolute atomic E-state index is 12.2. The van der Waals surface area contributed by atoms with Crippen LogP contribution in [0.5, 0.6) is 0 Å². The van der Waals surface area contributed by atoms with E-state index in [1.54, 1.807) is 0 Å². The summed E-state index contributed by atoms with van der Waals surface area (Å²) in [6, 6.07) is 0. The van der Waals surface area contributed by atoms with Crippen LogP contribution in [0.1, 0.15) is 43.2 Å². The van der Waals surface area contributed by atoms with E-state index in [1.807, 2.05) is 13.8 Å². The molecule has 1 fully saturated rings. The SMILES string of the molecule is CCCCNC(=O)C1CCCN(CC(=O)Nc2nc(C)c(C)s2)C1. The molecule has 1 atom stereocenters. The standard InChI is InChI=1S/C17H28N4O2S/c1-4-5-8-18-16(23)14-7-6-9-21(10-14)11-15(22)20-17-19-12(2)13(3)24-17/h14H,4-11H2,1-3H3,(H,18,23)(H,19,20,22). The average Bonchev–Trinajstić information content (AvgIpc) is 2.85. The molecule has 2 N–H and O–H groups in total. The Morgan fingerprint density at radius 1 is 1.38 bits per heavy atom. The van der Waals surface area contributed by atoms with Crippen LogP contribution in [-0.2, 0) is 9.59 Å². The summed E-state index contributed by atoms with van der Waals surface area (Å²) in [5.41, 5.74) is 0.956. The van der Waals surface area contributed by atoms with Crippen molar-refractivity contribution in [2.75, 3.05) is 31.5 Å². The molecule has 2 rings (SSSR count). The van der Waals surface area contributed by atoms with Crippen LogP contribution in [0, 0.1) is 19.8 Å². The van der Waals surface area contributed by atoms with Gasteiger partial charge in [-0.2, -0.15) is 0 Å². The highest BCUT2D eigenvalue weighted by atomic mass is 32.1. The summed E-state index contributed by atoms with van der Waals surface area (Å²) < 4.78 is 0. The zero-order valence-corrected chi connectivity index (χ0v) is 15.7. The number of anilines is 1. The number of aryl methyl sites for hydroxylation is 2. The summed E-state index contributed by atoms with van der Waals surface area (Å²) >= 11 is 1.50. The molecule has 134 valence electrons. The number of amides is 2. The fraction of sp³-hybridized carbons (Fsp3) is 0.706. The number of nitrogens with zero attached hydrogens (tertiary/aromatic N) is 2. The van der Waals surface area contributed by atoms with Crippen molar-refractivity contribution >= 4 is 28.3 Å². The minimum atomic E-state index is -0.0595. The number of piperidine rings is 1. The van der Waals surface area contributed by atoms with Crippen molar-refractivity contribution in [2.24, 2.45) is 5.92 Å². The van der Waals surface area contributed by atoms with Crippen molar-refractivity contribution < 1.29 is 9.59 Å². The molecule has 1 unspecified atom stereocenters. The van der Waals surface area contributed by atoms with Crippen molar-refractivity contribution in [3.05, 3.63) is 10.6 Å². The Labute approximate surface area is 148 Å². The lowest BCUT2D eigenvalue weighted by molar-refractivity contribution is -0.127. The molecule has 0 saturated carbocycles. The van der Waals surface area contributed by atoms with Crippen molar-refractivity contribution in [3.63, 3.8) is 0 Å². The minimum Gasteiger partial charge on any atom is -0.356 e. The predicted octanol–water partition coefficient (Wildman–Crippen LogP) is 2.33. The number of nitrogens with one attached hydrogen (secondary N) is 2. The molecule has 2 amide bonds. The fourth-order valence-corrected chi connectivity index (χ4v) is 3.66. The molecule has 2 heterocycles.